The first-order valence-electron chi connectivity index (χ1n) is 6.36. The van der Waals surface area contributed by atoms with Crippen molar-refractivity contribution in [2.45, 2.75) is 38.3 Å². The Hall–Kier alpha value is -2.04. The van der Waals surface area contributed by atoms with Crippen LogP contribution in [0.1, 0.15) is 36.5 Å². The maximum absolute atomic E-state index is 11.7. The van der Waals surface area contributed by atoms with Gasteiger partial charge in [-0.25, -0.2) is 0 Å². The molecule has 102 valence electrons. The van der Waals surface area contributed by atoms with Crippen LogP contribution in [-0.2, 0) is 4.79 Å². The number of carbonyl (C=O) groups is 2. The summed E-state index contributed by atoms with van der Waals surface area (Å²) < 4.78 is 5.68. The molecule has 1 aromatic carbocycles. The summed E-state index contributed by atoms with van der Waals surface area (Å²) in [6.07, 6.45) is 3.67. The standard InChI is InChI=1S/C14H17NO4/c1-9(14(17)18)15-13(16)10-5-7-12(8-6-10)19-11-3-2-4-11/h5-9,11H,2-4H2,1H3,(H,15,16)(H,17,18)/t9-/m0/s1. The molecule has 1 fully saturated rings. The van der Waals surface area contributed by atoms with Crippen LogP contribution in [0.15, 0.2) is 24.3 Å². The van der Waals surface area contributed by atoms with Crippen molar-refractivity contribution in [1.82, 2.24) is 5.32 Å². The average Bonchev–Trinajstić information content (AvgIpc) is 2.34. The fourth-order valence-corrected chi connectivity index (χ4v) is 1.71. The number of carboxylic acid groups (broad SMARTS) is 1. The number of hydrogen-bond acceptors (Lipinski definition) is 3. The van der Waals surface area contributed by atoms with Crippen molar-refractivity contribution in [2.24, 2.45) is 0 Å². The van der Waals surface area contributed by atoms with Crippen LogP contribution in [0.3, 0.4) is 0 Å². The first kappa shape index (κ1) is 13.4. The molecule has 2 rings (SSSR count). The average molecular weight is 263 g/mol. The van der Waals surface area contributed by atoms with Crippen molar-refractivity contribution < 1.29 is 19.4 Å². The number of ether oxygens (including phenoxy) is 1. The number of hydrogen-bond donors (Lipinski definition) is 2. The zero-order chi connectivity index (χ0) is 13.8. The van der Waals surface area contributed by atoms with E-state index in [0.29, 0.717) is 11.7 Å². The molecule has 0 bridgehead atoms. The normalized spacial score (nSPS) is 16.3. The lowest BCUT2D eigenvalue weighted by molar-refractivity contribution is -0.138. The zero-order valence-electron chi connectivity index (χ0n) is 10.8. The smallest absolute Gasteiger partial charge is 0.325 e. The molecule has 0 aliphatic heterocycles. The number of carbonyl (C=O) groups excluding carboxylic acids is 1. The quantitative estimate of drug-likeness (QED) is 0.849. The summed E-state index contributed by atoms with van der Waals surface area (Å²) in [5, 5.41) is 11.1. The SMILES string of the molecule is C[C@H](NC(=O)c1ccc(OC2CCC2)cc1)C(=O)O. The van der Waals surface area contributed by atoms with Crippen molar-refractivity contribution in [1.29, 1.82) is 0 Å². The maximum atomic E-state index is 11.7. The zero-order valence-corrected chi connectivity index (χ0v) is 10.8. The van der Waals surface area contributed by atoms with E-state index in [-0.39, 0.29) is 0 Å². The Bertz CT molecular complexity index is 465. The van der Waals surface area contributed by atoms with Gasteiger partial charge in [0.05, 0.1) is 6.10 Å². The first-order valence-corrected chi connectivity index (χ1v) is 6.36. The number of benzene rings is 1. The van der Waals surface area contributed by atoms with E-state index >= 15 is 0 Å². The van der Waals surface area contributed by atoms with Gasteiger partial charge >= 0.3 is 5.97 Å². The maximum Gasteiger partial charge on any atom is 0.325 e. The Morgan fingerprint density at radius 2 is 1.95 bits per heavy atom. The van der Waals surface area contributed by atoms with E-state index in [2.05, 4.69) is 5.32 Å². The third kappa shape index (κ3) is 3.47. The Morgan fingerprint density at radius 3 is 2.42 bits per heavy atom. The van der Waals surface area contributed by atoms with Crippen LogP contribution >= 0.6 is 0 Å². The topological polar surface area (TPSA) is 75.6 Å². The van der Waals surface area contributed by atoms with Crippen LogP contribution in [-0.4, -0.2) is 29.1 Å². The molecule has 0 heterocycles. The summed E-state index contributed by atoms with van der Waals surface area (Å²) in [6.45, 7) is 1.42. The summed E-state index contributed by atoms with van der Waals surface area (Å²) in [7, 11) is 0. The van der Waals surface area contributed by atoms with Gasteiger partial charge in [-0.05, 0) is 50.5 Å². The molecule has 1 aliphatic carbocycles. The van der Waals surface area contributed by atoms with Crippen molar-refractivity contribution in [3.8, 4) is 5.75 Å². The molecule has 0 radical (unpaired) electrons. The second-order valence-electron chi connectivity index (χ2n) is 4.73. The third-order valence-electron chi connectivity index (χ3n) is 3.19. The van der Waals surface area contributed by atoms with Gasteiger partial charge in [-0.1, -0.05) is 0 Å². The number of rotatable bonds is 5. The molecule has 0 unspecified atom stereocenters. The molecule has 1 atom stereocenters. The van der Waals surface area contributed by atoms with Crippen LogP contribution in [0.4, 0.5) is 0 Å². The fraction of sp³-hybridized carbons (Fsp3) is 0.429. The van der Waals surface area contributed by atoms with Crippen LogP contribution in [0.5, 0.6) is 5.75 Å². The monoisotopic (exact) mass is 263 g/mol. The van der Waals surface area contributed by atoms with Crippen LogP contribution in [0.2, 0.25) is 0 Å². The highest BCUT2D eigenvalue weighted by Crippen LogP contribution is 2.25. The van der Waals surface area contributed by atoms with Gasteiger partial charge in [0.2, 0.25) is 0 Å². The molecule has 1 saturated carbocycles. The van der Waals surface area contributed by atoms with E-state index < -0.39 is 17.9 Å². The molecule has 5 heteroatoms. The summed E-state index contributed by atoms with van der Waals surface area (Å²) in [6, 6.07) is 5.84. The second kappa shape index (κ2) is 5.73. The minimum absolute atomic E-state index is 0.298. The van der Waals surface area contributed by atoms with Gasteiger partial charge in [0.15, 0.2) is 0 Å². The highest BCUT2D eigenvalue weighted by Gasteiger charge is 2.19. The van der Waals surface area contributed by atoms with Gasteiger partial charge in [-0.15, -0.1) is 0 Å². The highest BCUT2D eigenvalue weighted by atomic mass is 16.5. The molecule has 0 aromatic heterocycles. The molecular weight excluding hydrogens is 246 g/mol. The van der Waals surface area contributed by atoms with Gasteiger partial charge < -0.3 is 15.2 Å². The Kier molecular flexibility index (Phi) is 4.04. The molecule has 1 aliphatic rings. The first-order chi connectivity index (χ1) is 9.06. The van der Waals surface area contributed by atoms with E-state index in [1.807, 2.05) is 0 Å². The minimum Gasteiger partial charge on any atom is -0.490 e. The van der Waals surface area contributed by atoms with Crippen molar-refractivity contribution in [3.63, 3.8) is 0 Å². The van der Waals surface area contributed by atoms with E-state index in [1.54, 1.807) is 24.3 Å². The number of aliphatic carboxylic acids is 1. The van der Waals surface area contributed by atoms with Crippen molar-refractivity contribution in [3.05, 3.63) is 29.8 Å². The van der Waals surface area contributed by atoms with Gasteiger partial charge in [0.25, 0.3) is 5.91 Å². The largest absolute Gasteiger partial charge is 0.490 e. The van der Waals surface area contributed by atoms with Crippen molar-refractivity contribution in [2.75, 3.05) is 0 Å². The molecule has 0 saturated heterocycles. The summed E-state index contributed by atoms with van der Waals surface area (Å²) in [5.74, 6) is -0.712. The molecule has 1 amide bonds. The summed E-state index contributed by atoms with van der Waals surface area (Å²) in [4.78, 5) is 22.4. The predicted octanol–water partition coefficient (Wildman–Crippen LogP) is 1.82. The van der Waals surface area contributed by atoms with Gasteiger partial charge in [0, 0.05) is 5.56 Å². The van der Waals surface area contributed by atoms with E-state index in [4.69, 9.17) is 9.84 Å². The van der Waals surface area contributed by atoms with Crippen LogP contribution < -0.4 is 10.1 Å². The molecule has 2 N–H and O–H groups in total. The Labute approximate surface area is 111 Å². The van der Waals surface area contributed by atoms with E-state index in [0.717, 1.165) is 18.6 Å². The summed E-state index contributed by atoms with van der Waals surface area (Å²) in [5.41, 5.74) is 0.425. The molecule has 1 aromatic rings. The summed E-state index contributed by atoms with van der Waals surface area (Å²) >= 11 is 0. The molecule has 5 nitrogen and oxygen atoms in total. The Morgan fingerprint density at radius 1 is 1.32 bits per heavy atom. The van der Waals surface area contributed by atoms with Crippen LogP contribution in [0.25, 0.3) is 0 Å². The number of nitrogens with one attached hydrogen (secondary N) is 1. The second-order valence-corrected chi connectivity index (χ2v) is 4.73. The lowest BCUT2D eigenvalue weighted by Gasteiger charge is -2.26. The van der Waals surface area contributed by atoms with Gasteiger partial charge in [-0.3, -0.25) is 9.59 Å². The Balaban J connectivity index is 1.93. The minimum atomic E-state index is -1.06. The van der Waals surface area contributed by atoms with Crippen molar-refractivity contribution >= 4 is 11.9 Å². The molecular formula is C14H17NO4. The third-order valence-corrected chi connectivity index (χ3v) is 3.19. The predicted molar refractivity (Wildman–Crippen MR) is 69.3 cm³/mol. The van der Waals surface area contributed by atoms with Crippen LogP contribution in [0, 0.1) is 0 Å². The fourth-order valence-electron chi connectivity index (χ4n) is 1.71. The molecule has 0 spiro atoms. The lowest BCUT2D eigenvalue weighted by atomic mass is 9.96. The molecule has 19 heavy (non-hydrogen) atoms. The highest BCUT2D eigenvalue weighted by molar-refractivity contribution is 5.96. The van der Waals surface area contributed by atoms with Gasteiger partial charge in [0.1, 0.15) is 11.8 Å². The number of carboxylic acids is 1. The number of amides is 1. The van der Waals surface area contributed by atoms with E-state index in [9.17, 15) is 9.59 Å². The van der Waals surface area contributed by atoms with Gasteiger partial charge in [-0.2, -0.15) is 0 Å². The van der Waals surface area contributed by atoms with E-state index in [1.165, 1.54) is 13.3 Å². The lowest BCUT2D eigenvalue weighted by Crippen LogP contribution is -2.38.